The van der Waals surface area contributed by atoms with Gasteiger partial charge in [-0.2, -0.15) is 0 Å². The van der Waals surface area contributed by atoms with Crippen molar-refractivity contribution in [2.24, 2.45) is 0 Å². The van der Waals surface area contributed by atoms with Gasteiger partial charge in [-0.3, -0.25) is 19.4 Å². The van der Waals surface area contributed by atoms with Crippen molar-refractivity contribution in [1.82, 2.24) is 14.8 Å². The molecule has 1 N–H and O–H groups in total. The van der Waals surface area contributed by atoms with Crippen LogP contribution in [0.3, 0.4) is 0 Å². The van der Waals surface area contributed by atoms with Gasteiger partial charge in [-0.1, -0.05) is 35.9 Å². The number of methoxy groups -OCH3 is 1. The average Bonchev–Trinajstić information content (AvgIpc) is 2.93. The number of hydrogen-bond donors (Lipinski definition) is 1. The molecule has 1 aromatic heterocycles. The minimum Gasteiger partial charge on any atom is -0.495 e. The molecule has 5 rings (SSSR count). The van der Waals surface area contributed by atoms with Crippen LogP contribution in [0.1, 0.15) is 15.9 Å². The van der Waals surface area contributed by atoms with Crippen molar-refractivity contribution in [3.05, 3.63) is 95.1 Å². The molecule has 1 saturated heterocycles. The fourth-order valence-electron chi connectivity index (χ4n) is 4.54. The second-order valence-corrected chi connectivity index (χ2v) is 11.1. The normalized spacial score (nSPS) is 14.4. The van der Waals surface area contributed by atoms with Crippen LogP contribution in [0.15, 0.2) is 83.9 Å². The number of halogens is 1. The Morgan fingerprint density at radius 2 is 1.74 bits per heavy atom. The number of nitrogens with one attached hydrogen (secondary N) is 1. The van der Waals surface area contributed by atoms with E-state index in [1.807, 2.05) is 35.2 Å². The van der Waals surface area contributed by atoms with Gasteiger partial charge < -0.3 is 9.64 Å². The maximum absolute atomic E-state index is 13.1. The molecule has 2 heterocycles. The van der Waals surface area contributed by atoms with Crippen LogP contribution < -0.4 is 9.46 Å². The zero-order valence-electron chi connectivity index (χ0n) is 20.8. The molecule has 0 aliphatic carbocycles. The lowest BCUT2D eigenvalue weighted by atomic mass is 10.1. The van der Waals surface area contributed by atoms with E-state index in [1.54, 1.807) is 49.7 Å². The fourth-order valence-corrected chi connectivity index (χ4v) is 6.06. The maximum Gasteiger partial charge on any atom is 0.264 e. The van der Waals surface area contributed by atoms with Crippen LogP contribution in [0, 0.1) is 0 Å². The summed E-state index contributed by atoms with van der Waals surface area (Å²) in [5.74, 6) is 0.569. The molecule has 10 heteroatoms. The quantitative estimate of drug-likeness (QED) is 0.360. The lowest BCUT2D eigenvalue weighted by Gasteiger charge is -2.34. The third-order valence-corrected chi connectivity index (χ3v) is 8.26. The summed E-state index contributed by atoms with van der Waals surface area (Å²) >= 11 is 6.24. The van der Waals surface area contributed by atoms with Gasteiger partial charge in [0.1, 0.15) is 10.6 Å². The molecule has 3 aromatic carbocycles. The van der Waals surface area contributed by atoms with E-state index in [-0.39, 0.29) is 10.8 Å². The second kappa shape index (κ2) is 11.0. The lowest BCUT2D eigenvalue weighted by Crippen LogP contribution is -2.48. The van der Waals surface area contributed by atoms with Gasteiger partial charge in [0, 0.05) is 55.6 Å². The van der Waals surface area contributed by atoms with Crippen LogP contribution in [-0.4, -0.2) is 62.4 Å². The SMILES string of the molecule is COc1ccc(CN2CCN(C(=O)c3ccc(NS(=O)(=O)c4cccc5cccnc45)cc3)CC2)cc1Cl. The number of benzene rings is 3. The maximum atomic E-state index is 13.1. The fraction of sp³-hybridized carbons (Fsp3) is 0.214. The molecule has 0 bridgehead atoms. The zero-order chi connectivity index (χ0) is 26.7. The number of pyridine rings is 1. The Morgan fingerprint density at radius 3 is 2.45 bits per heavy atom. The molecule has 0 unspecified atom stereocenters. The number of ether oxygens (including phenoxy) is 1. The van der Waals surface area contributed by atoms with Crippen LogP contribution >= 0.6 is 11.6 Å². The lowest BCUT2D eigenvalue weighted by molar-refractivity contribution is 0.0628. The topological polar surface area (TPSA) is 91.8 Å². The van der Waals surface area contributed by atoms with E-state index < -0.39 is 10.0 Å². The number of para-hydroxylation sites is 1. The largest absolute Gasteiger partial charge is 0.495 e. The molecule has 1 aliphatic rings. The Bertz CT molecular complexity index is 1560. The first-order valence-corrected chi connectivity index (χ1v) is 14.0. The highest BCUT2D eigenvalue weighted by Gasteiger charge is 2.23. The van der Waals surface area contributed by atoms with Gasteiger partial charge in [0.15, 0.2) is 0 Å². The number of anilines is 1. The number of carbonyl (C=O) groups is 1. The van der Waals surface area contributed by atoms with Gasteiger partial charge in [-0.15, -0.1) is 0 Å². The first-order chi connectivity index (χ1) is 18.3. The van der Waals surface area contributed by atoms with E-state index in [9.17, 15) is 13.2 Å². The number of rotatable bonds is 7. The Labute approximate surface area is 226 Å². The number of nitrogens with zero attached hydrogens (tertiary/aromatic N) is 3. The number of amides is 1. The van der Waals surface area contributed by atoms with Crippen molar-refractivity contribution in [1.29, 1.82) is 0 Å². The molecular formula is C28H27ClN4O4S. The molecule has 0 atom stereocenters. The number of piperazine rings is 1. The van der Waals surface area contributed by atoms with Gasteiger partial charge in [0.05, 0.1) is 17.6 Å². The van der Waals surface area contributed by atoms with Gasteiger partial charge in [-0.05, 0) is 54.1 Å². The van der Waals surface area contributed by atoms with Crippen LogP contribution in [-0.2, 0) is 16.6 Å². The molecule has 0 spiro atoms. The monoisotopic (exact) mass is 550 g/mol. The van der Waals surface area contributed by atoms with E-state index in [0.717, 1.165) is 30.6 Å². The summed E-state index contributed by atoms with van der Waals surface area (Å²) in [6.07, 6.45) is 1.57. The third kappa shape index (κ3) is 5.60. The highest BCUT2D eigenvalue weighted by atomic mass is 35.5. The van der Waals surface area contributed by atoms with E-state index >= 15 is 0 Å². The number of sulfonamides is 1. The molecule has 196 valence electrons. The Kier molecular flexibility index (Phi) is 7.51. The first kappa shape index (κ1) is 26.0. The van der Waals surface area contributed by atoms with Gasteiger partial charge in [0.2, 0.25) is 0 Å². The van der Waals surface area contributed by atoms with Crippen LogP contribution in [0.25, 0.3) is 10.9 Å². The predicted octanol–water partition coefficient (Wildman–Crippen LogP) is 4.66. The molecule has 8 nitrogen and oxygen atoms in total. The van der Waals surface area contributed by atoms with Crippen molar-refractivity contribution < 1.29 is 17.9 Å². The van der Waals surface area contributed by atoms with Gasteiger partial charge in [0.25, 0.3) is 15.9 Å². The molecular weight excluding hydrogens is 524 g/mol. The molecule has 38 heavy (non-hydrogen) atoms. The molecule has 4 aromatic rings. The van der Waals surface area contributed by atoms with Crippen LogP contribution in [0.5, 0.6) is 5.75 Å². The van der Waals surface area contributed by atoms with E-state index in [4.69, 9.17) is 16.3 Å². The predicted molar refractivity (Wildman–Crippen MR) is 148 cm³/mol. The smallest absolute Gasteiger partial charge is 0.264 e. The number of aromatic nitrogens is 1. The highest BCUT2D eigenvalue weighted by Crippen LogP contribution is 2.26. The number of carbonyl (C=O) groups excluding carboxylic acids is 1. The first-order valence-electron chi connectivity index (χ1n) is 12.1. The molecule has 1 amide bonds. The Hall–Kier alpha value is -3.66. The van der Waals surface area contributed by atoms with E-state index in [1.165, 1.54) is 6.07 Å². The van der Waals surface area contributed by atoms with Crippen molar-refractivity contribution in [2.45, 2.75) is 11.4 Å². The number of hydrogen-bond acceptors (Lipinski definition) is 6. The summed E-state index contributed by atoms with van der Waals surface area (Å²) in [7, 11) is -2.27. The summed E-state index contributed by atoms with van der Waals surface area (Å²) < 4.78 is 33.9. The van der Waals surface area contributed by atoms with Gasteiger partial charge in [-0.25, -0.2) is 8.42 Å². The summed E-state index contributed by atoms with van der Waals surface area (Å²) in [5, 5.41) is 1.32. The van der Waals surface area contributed by atoms with E-state index in [0.29, 0.717) is 40.6 Å². The number of fused-ring (bicyclic) bond motifs is 1. The molecule has 1 fully saturated rings. The minimum atomic E-state index is -3.86. The minimum absolute atomic E-state index is 0.0789. The van der Waals surface area contributed by atoms with Crippen LogP contribution in [0.2, 0.25) is 5.02 Å². The summed E-state index contributed by atoms with van der Waals surface area (Å²) in [6, 6.07) is 20.9. The second-order valence-electron chi connectivity index (χ2n) is 9.05. The summed E-state index contributed by atoms with van der Waals surface area (Å²) in [6.45, 7) is 3.43. The summed E-state index contributed by atoms with van der Waals surface area (Å²) in [4.78, 5) is 21.5. The van der Waals surface area contributed by atoms with Crippen molar-refractivity contribution in [3.63, 3.8) is 0 Å². The molecule has 0 saturated carbocycles. The molecule has 1 aliphatic heterocycles. The van der Waals surface area contributed by atoms with Crippen molar-refractivity contribution >= 4 is 44.1 Å². The Morgan fingerprint density at radius 1 is 1.00 bits per heavy atom. The zero-order valence-corrected chi connectivity index (χ0v) is 22.4. The average molecular weight is 551 g/mol. The standard InChI is InChI=1S/C28H27ClN4O4S/c1-37-25-12-7-20(18-24(25)29)19-32-14-16-33(17-15-32)28(34)22-8-10-23(11-9-22)31-38(35,36)26-6-2-4-21-5-3-13-30-27(21)26/h2-13,18,31H,14-17,19H2,1H3. The highest BCUT2D eigenvalue weighted by molar-refractivity contribution is 7.93. The van der Waals surface area contributed by atoms with Crippen LogP contribution in [0.4, 0.5) is 5.69 Å². The van der Waals surface area contributed by atoms with E-state index in [2.05, 4.69) is 14.6 Å². The third-order valence-electron chi connectivity index (χ3n) is 6.55. The van der Waals surface area contributed by atoms with Crippen molar-refractivity contribution in [3.8, 4) is 5.75 Å². The van der Waals surface area contributed by atoms with Crippen molar-refractivity contribution in [2.75, 3.05) is 38.0 Å². The Balaban J connectivity index is 1.20. The molecule has 0 radical (unpaired) electrons. The summed E-state index contributed by atoms with van der Waals surface area (Å²) in [5.41, 5.74) is 2.38. The van der Waals surface area contributed by atoms with Gasteiger partial charge >= 0.3 is 0 Å².